The summed E-state index contributed by atoms with van der Waals surface area (Å²) in [6.07, 6.45) is 2.50. The summed E-state index contributed by atoms with van der Waals surface area (Å²) in [5.41, 5.74) is -0.406. The number of anilines is 1. The zero-order valence-corrected chi connectivity index (χ0v) is 17.7. The van der Waals surface area contributed by atoms with Crippen LogP contribution in [0.5, 0.6) is 0 Å². The van der Waals surface area contributed by atoms with E-state index in [1.807, 2.05) is 6.92 Å². The number of unbranched alkanes of at least 4 members (excludes halogenated alkanes) is 1. The summed E-state index contributed by atoms with van der Waals surface area (Å²) in [6.45, 7) is 7.84. The number of benzene rings is 1. The van der Waals surface area contributed by atoms with Gasteiger partial charge in [-0.2, -0.15) is 0 Å². The van der Waals surface area contributed by atoms with Crippen LogP contribution in [0.1, 0.15) is 63.7 Å². The summed E-state index contributed by atoms with van der Waals surface area (Å²) in [5.74, 6) is -0.632. The van der Waals surface area contributed by atoms with Gasteiger partial charge in [0.05, 0.1) is 17.6 Å². The summed E-state index contributed by atoms with van der Waals surface area (Å²) < 4.78 is 9.92. The molecule has 0 aliphatic rings. The van der Waals surface area contributed by atoms with E-state index in [4.69, 9.17) is 9.47 Å². The molecule has 0 fully saturated rings. The molecule has 1 aromatic carbocycles. The van der Waals surface area contributed by atoms with Crippen LogP contribution in [0.3, 0.4) is 0 Å². The molecule has 0 aromatic heterocycles. The van der Waals surface area contributed by atoms with Crippen molar-refractivity contribution in [1.29, 1.82) is 0 Å². The molecular formula is C20H31N3O6. The Hall–Kier alpha value is -2.84. The highest BCUT2D eigenvalue weighted by Gasteiger charge is 2.24. The summed E-state index contributed by atoms with van der Waals surface area (Å²) in [4.78, 5) is 34.5. The molecular weight excluding hydrogens is 378 g/mol. The molecule has 1 rings (SSSR count). The third-order valence-corrected chi connectivity index (χ3v) is 4.13. The monoisotopic (exact) mass is 409 g/mol. The second kappa shape index (κ2) is 11.2. The number of hydrogen-bond acceptors (Lipinski definition) is 7. The Labute approximate surface area is 171 Å². The molecule has 0 saturated heterocycles. The van der Waals surface area contributed by atoms with Crippen LogP contribution in [0.15, 0.2) is 18.2 Å². The van der Waals surface area contributed by atoms with E-state index in [2.05, 4.69) is 10.6 Å². The number of hydrogen-bond donors (Lipinski definition) is 2. The zero-order valence-electron chi connectivity index (χ0n) is 17.7. The van der Waals surface area contributed by atoms with E-state index in [9.17, 15) is 19.7 Å². The fourth-order valence-electron chi connectivity index (χ4n) is 2.73. The molecule has 0 aliphatic carbocycles. The average Bonchev–Trinajstić information content (AvgIpc) is 2.64. The van der Waals surface area contributed by atoms with Crippen LogP contribution in [-0.2, 0) is 9.47 Å². The highest BCUT2D eigenvalue weighted by molar-refractivity contribution is 5.98. The lowest BCUT2D eigenvalue weighted by Crippen LogP contribution is -2.33. The molecule has 0 heterocycles. The molecule has 1 unspecified atom stereocenters. The number of amides is 1. The van der Waals surface area contributed by atoms with Crippen molar-refractivity contribution in [3.05, 3.63) is 33.9 Å². The van der Waals surface area contributed by atoms with E-state index in [-0.39, 0.29) is 23.0 Å². The van der Waals surface area contributed by atoms with Crippen LogP contribution in [0.2, 0.25) is 0 Å². The van der Waals surface area contributed by atoms with Crippen molar-refractivity contribution in [1.82, 2.24) is 5.32 Å². The number of alkyl carbamates (subject to hydrolysis) is 1. The minimum absolute atomic E-state index is 0.0685. The van der Waals surface area contributed by atoms with Gasteiger partial charge in [0.2, 0.25) is 0 Å². The van der Waals surface area contributed by atoms with Gasteiger partial charge in [-0.15, -0.1) is 0 Å². The van der Waals surface area contributed by atoms with Crippen molar-refractivity contribution in [2.75, 3.05) is 19.0 Å². The highest BCUT2D eigenvalue weighted by atomic mass is 16.6. The van der Waals surface area contributed by atoms with Gasteiger partial charge in [-0.1, -0.05) is 13.0 Å². The number of carbonyl (C=O) groups is 2. The molecule has 0 radical (unpaired) electrons. The quantitative estimate of drug-likeness (QED) is 0.256. The van der Waals surface area contributed by atoms with Gasteiger partial charge >= 0.3 is 12.1 Å². The maximum Gasteiger partial charge on any atom is 0.407 e. The van der Waals surface area contributed by atoms with Crippen LogP contribution in [0.4, 0.5) is 16.2 Å². The van der Waals surface area contributed by atoms with Crippen molar-refractivity contribution < 1.29 is 24.0 Å². The molecule has 162 valence electrons. The van der Waals surface area contributed by atoms with Crippen LogP contribution in [0.25, 0.3) is 0 Å². The Kier molecular flexibility index (Phi) is 9.37. The predicted octanol–water partition coefficient (Wildman–Crippen LogP) is 4.27. The van der Waals surface area contributed by atoms with E-state index in [1.165, 1.54) is 25.3 Å². The van der Waals surface area contributed by atoms with Crippen molar-refractivity contribution in [3.63, 3.8) is 0 Å². The van der Waals surface area contributed by atoms with Gasteiger partial charge in [0.15, 0.2) is 0 Å². The SMILES string of the molecule is CCC(CCCCNC(=O)OC(C)(C)C)Nc1c(C(=O)OC)cccc1[N+](=O)[O-]. The van der Waals surface area contributed by atoms with Crippen molar-refractivity contribution >= 4 is 23.4 Å². The van der Waals surface area contributed by atoms with E-state index in [0.717, 1.165) is 19.3 Å². The fraction of sp³-hybridized carbons (Fsp3) is 0.600. The molecule has 0 spiro atoms. The first kappa shape index (κ1) is 24.2. The first-order valence-electron chi connectivity index (χ1n) is 9.68. The Bertz CT molecular complexity index is 715. The third kappa shape index (κ3) is 8.37. The summed E-state index contributed by atoms with van der Waals surface area (Å²) in [7, 11) is 1.24. The van der Waals surface area contributed by atoms with Crippen LogP contribution >= 0.6 is 0 Å². The first-order chi connectivity index (χ1) is 13.6. The standard InChI is InChI=1S/C20H31N3O6/c1-6-14(10-7-8-13-21-19(25)29-20(2,3)4)22-17-15(18(24)28-5)11-9-12-16(17)23(26)27/h9,11-12,14,22H,6-8,10,13H2,1-5H3,(H,21,25). The second-order valence-corrected chi connectivity index (χ2v) is 7.62. The van der Waals surface area contributed by atoms with Crippen LogP contribution in [-0.4, -0.2) is 42.3 Å². The number of methoxy groups -OCH3 is 1. The maximum atomic E-state index is 12.0. The Balaban J connectivity index is 2.66. The van der Waals surface area contributed by atoms with Gasteiger partial charge < -0.3 is 20.1 Å². The number of nitrogens with one attached hydrogen (secondary N) is 2. The van der Waals surface area contributed by atoms with Crippen LogP contribution < -0.4 is 10.6 Å². The van der Waals surface area contributed by atoms with Gasteiger partial charge in [-0.05, 0) is 52.5 Å². The van der Waals surface area contributed by atoms with Gasteiger partial charge in [0.25, 0.3) is 5.69 Å². The molecule has 9 nitrogen and oxygen atoms in total. The van der Waals surface area contributed by atoms with E-state index in [1.54, 1.807) is 20.8 Å². The van der Waals surface area contributed by atoms with Gasteiger partial charge in [-0.25, -0.2) is 9.59 Å². The molecule has 0 aliphatic heterocycles. The summed E-state index contributed by atoms with van der Waals surface area (Å²) in [5, 5.41) is 17.2. The van der Waals surface area contributed by atoms with Gasteiger partial charge in [0.1, 0.15) is 11.3 Å². The normalized spacial score (nSPS) is 12.0. The van der Waals surface area contributed by atoms with Gasteiger partial charge in [-0.3, -0.25) is 10.1 Å². The second-order valence-electron chi connectivity index (χ2n) is 7.62. The lowest BCUT2D eigenvalue weighted by atomic mass is 10.0. The van der Waals surface area contributed by atoms with E-state index in [0.29, 0.717) is 13.0 Å². The Morgan fingerprint density at radius 1 is 1.24 bits per heavy atom. The molecule has 29 heavy (non-hydrogen) atoms. The molecule has 1 atom stereocenters. The fourth-order valence-corrected chi connectivity index (χ4v) is 2.73. The number of ether oxygens (including phenoxy) is 2. The lowest BCUT2D eigenvalue weighted by molar-refractivity contribution is -0.384. The van der Waals surface area contributed by atoms with Crippen LogP contribution in [0, 0.1) is 10.1 Å². The topological polar surface area (TPSA) is 120 Å². The number of nitro groups is 1. The number of rotatable bonds is 10. The number of carbonyl (C=O) groups excluding carboxylic acids is 2. The van der Waals surface area contributed by atoms with E-state index >= 15 is 0 Å². The smallest absolute Gasteiger partial charge is 0.407 e. The largest absolute Gasteiger partial charge is 0.465 e. The maximum absolute atomic E-state index is 12.0. The van der Waals surface area contributed by atoms with Gasteiger partial charge in [0, 0.05) is 18.7 Å². The van der Waals surface area contributed by atoms with Crippen molar-refractivity contribution in [2.24, 2.45) is 0 Å². The predicted molar refractivity (Wildman–Crippen MR) is 110 cm³/mol. The average molecular weight is 409 g/mol. The Morgan fingerprint density at radius 2 is 1.93 bits per heavy atom. The van der Waals surface area contributed by atoms with E-state index < -0.39 is 22.6 Å². The highest BCUT2D eigenvalue weighted by Crippen LogP contribution is 2.30. The lowest BCUT2D eigenvalue weighted by Gasteiger charge is -2.21. The molecule has 2 N–H and O–H groups in total. The molecule has 0 saturated carbocycles. The number of nitrogens with zero attached hydrogens (tertiary/aromatic N) is 1. The Morgan fingerprint density at radius 3 is 2.48 bits per heavy atom. The minimum Gasteiger partial charge on any atom is -0.465 e. The number of esters is 1. The number of para-hydroxylation sites is 1. The van der Waals surface area contributed by atoms with Crippen molar-refractivity contribution in [3.8, 4) is 0 Å². The molecule has 1 amide bonds. The molecule has 1 aromatic rings. The molecule has 0 bridgehead atoms. The zero-order chi connectivity index (χ0) is 22.0. The summed E-state index contributed by atoms with van der Waals surface area (Å²) >= 11 is 0. The minimum atomic E-state index is -0.632. The first-order valence-corrected chi connectivity index (χ1v) is 9.68. The van der Waals surface area contributed by atoms with Crippen molar-refractivity contribution in [2.45, 2.75) is 65.0 Å². The third-order valence-electron chi connectivity index (χ3n) is 4.13. The summed E-state index contributed by atoms with van der Waals surface area (Å²) in [6, 6.07) is 4.24. The molecule has 9 heteroatoms. The number of nitro benzene ring substituents is 1.